The van der Waals surface area contributed by atoms with Crippen molar-refractivity contribution < 1.29 is 4.74 Å². The number of pyridine rings is 1. The van der Waals surface area contributed by atoms with E-state index in [0.29, 0.717) is 28.8 Å². The zero-order valence-corrected chi connectivity index (χ0v) is 17.3. The van der Waals surface area contributed by atoms with E-state index in [1.165, 1.54) is 42.1 Å². The molecular weight excluding hydrogens is 368 g/mol. The number of aromatic nitrogens is 1. The molecule has 2 fully saturated rings. The number of ether oxygens (including phenoxy) is 1. The average Bonchev–Trinajstić information content (AvgIpc) is 3.55. The molecule has 29 heavy (non-hydrogen) atoms. The number of likely N-dealkylation sites (N-methyl/N-ethyl adjacent to an activating group) is 1. The molecule has 2 aliphatic rings. The molecule has 0 amide bonds. The Kier molecular flexibility index (Phi) is 7.16. The molecular formula is C20H34N8O. The molecule has 1 heterocycles. The molecule has 0 aromatic carbocycles. The van der Waals surface area contributed by atoms with E-state index in [0.717, 1.165) is 25.0 Å². The quantitative estimate of drug-likeness (QED) is 0.221. The Hall–Kier alpha value is -2.52. The van der Waals surface area contributed by atoms with Crippen molar-refractivity contribution in [1.82, 2.24) is 15.0 Å². The summed E-state index contributed by atoms with van der Waals surface area (Å²) >= 11 is 0. The predicted molar refractivity (Wildman–Crippen MR) is 115 cm³/mol. The van der Waals surface area contributed by atoms with Gasteiger partial charge >= 0.3 is 0 Å². The number of hydrazone groups is 1. The third kappa shape index (κ3) is 5.98. The van der Waals surface area contributed by atoms with Crippen LogP contribution in [0.25, 0.3) is 5.70 Å². The van der Waals surface area contributed by atoms with Gasteiger partial charge in [0, 0.05) is 13.5 Å². The summed E-state index contributed by atoms with van der Waals surface area (Å²) in [6.45, 7) is 0.281. The van der Waals surface area contributed by atoms with Crippen LogP contribution in [0.2, 0.25) is 0 Å². The van der Waals surface area contributed by atoms with Gasteiger partial charge < -0.3 is 21.3 Å². The van der Waals surface area contributed by atoms with Crippen LogP contribution in [0.4, 0.5) is 0 Å². The number of nitrogens with zero attached hydrogens (tertiary/aromatic N) is 4. The highest BCUT2D eigenvalue weighted by Gasteiger charge is 2.26. The van der Waals surface area contributed by atoms with Gasteiger partial charge in [0.25, 0.3) is 0 Å². The van der Waals surface area contributed by atoms with Gasteiger partial charge in [-0.2, -0.15) is 5.10 Å². The van der Waals surface area contributed by atoms with Gasteiger partial charge in [-0.05, 0) is 56.6 Å². The second-order valence-electron chi connectivity index (χ2n) is 8.05. The second-order valence-corrected chi connectivity index (χ2v) is 8.05. The van der Waals surface area contributed by atoms with Crippen LogP contribution in [0.1, 0.15) is 57.1 Å². The van der Waals surface area contributed by atoms with Gasteiger partial charge in [-0.1, -0.05) is 6.42 Å². The lowest BCUT2D eigenvalue weighted by atomic mass is 9.98. The van der Waals surface area contributed by atoms with E-state index in [9.17, 15) is 0 Å². The molecule has 2 saturated carbocycles. The molecule has 0 radical (unpaired) electrons. The van der Waals surface area contributed by atoms with Crippen LogP contribution in [0.15, 0.2) is 29.1 Å². The minimum Gasteiger partial charge on any atom is -0.489 e. The fraction of sp³-hybridized carbons (Fsp3) is 0.600. The van der Waals surface area contributed by atoms with Crippen LogP contribution in [0.3, 0.4) is 0 Å². The molecule has 2 aliphatic carbocycles. The van der Waals surface area contributed by atoms with Gasteiger partial charge in [-0.25, -0.2) is 11.7 Å². The van der Waals surface area contributed by atoms with Crippen LogP contribution < -0.4 is 28.0 Å². The minimum absolute atomic E-state index is 0.279. The molecule has 8 N–H and O–H groups in total. The number of hydrazine groups is 2. The number of hydrogen-bond donors (Lipinski definition) is 4. The second kappa shape index (κ2) is 9.80. The highest BCUT2D eigenvalue weighted by Crippen LogP contribution is 2.33. The number of hydrogen-bond acceptors (Lipinski definition) is 8. The first-order chi connectivity index (χ1) is 14.0. The topological polar surface area (TPSA) is 145 Å². The Bertz CT molecular complexity index is 721. The maximum Gasteiger partial charge on any atom is 0.139 e. The summed E-state index contributed by atoms with van der Waals surface area (Å²) in [6, 6.07) is 3.75. The molecule has 1 aromatic rings. The van der Waals surface area contributed by atoms with Crippen molar-refractivity contribution in [2.45, 2.75) is 57.5 Å². The lowest BCUT2D eigenvalue weighted by Crippen LogP contribution is -2.44. The van der Waals surface area contributed by atoms with Gasteiger partial charge in [0.2, 0.25) is 0 Å². The summed E-state index contributed by atoms with van der Waals surface area (Å²) in [5, 5.41) is 6.80. The Morgan fingerprint density at radius 1 is 1.17 bits per heavy atom. The molecule has 160 valence electrons. The molecule has 0 saturated heterocycles. The van der Waals surface area contributed by atoms with Gasteiger partial charge in [-0.15, -0.1) is 0 Å². The molecule has 9 heteroatoms. The van der Waals surface area contributed by atoms with Crippen molar-refractivity contribution in [3.05, 3.63) is 29.7 Å². The van der Waals surface area contributed by atoms with Crippen molar-refractivity contribution in [2.75, 3.05) is 13.6 Å². The molecule has 3 rings (SSSR count). The monoisotopic (exact) mass is 402 g/mol. The van der Waals surface area contributed by atoms with Crippen LogP contribution in [0.5, 0.6) is 5.75 Å². The summed E-state index contributed by atoms with van der Waals surface area (Å²) in [7, 11) is 1.72. The Labute approximate surface area is 172 Å². The fourth-order valence-corrected chi connectivity index (χ4v) is 3.60. The molecule has 0 spiro atoms. The van der Waals surface area contributed by atoms with Crippen molar-refractivity contribution in [2.24, 2.45) is 34.3 Å². The Morgan fingerprint density at radius 2 is 1.90 bits per heavy atom. The van der Waals surface area contributed by atoms with Gasteiger partial charge in [-0.3, -0.25) is 9.99 Å². The third-order valence-corrected chi connectivity index (χ3v) is 5.57. The van der Waals surface area contributed by atoms with Crippen LogP contribution in [-0.4, -0.2) is 40.5 Å². The van der Waals surface area contributed by atoms with Gasteiger partial charge in [0.15, 0.2) is 0 Å². The average molecular weight is 403 g/mol. The molecule has 0 aliphatic heterocycles. The summed E-state index contributed by atoms with van der Waals surface area (Å²) in [4.78, 5) is 4.47. The van der Waals surface area contributed by atoms with Crippen molar-refractivity contribution >= 4 is 11.5 Å². The summed E-state index contributed by atoms with van der Waals surface area (Å²) in [5.41, 5.74) is 8.09. The first kappa shape index (κ1) is 21.2. The summed E-state index contributed by atoms with van der Waals surface area (Å²) in [5.74, 6) is 19.8. The van der Waals surface area contributed by atoms with Gasteiger partial charge in [0.1, 0.15) is 11.6 Å². The lowest BCUT2D eigenvalue weighted by molar-refractivity contribution is 0.154. The largest absolute Gasteiger partial charge is 0.489 e. The normalized spacial score (nSPS) is 18.9. The maximum absolute atomic E-state index is 6.38. The number of amidine groups is 1. The van der Waals surface area contributed by atoms with E-state index in [2.05, 4.69) is 10.1 Å². The zero-order chi connectivity index (χ0) is 20.8. The highest BCUT2D eigenvalue weighted by molar-refractivity contribution is 5.82. The van der Waals surface area contributed by atoms with Gasteiger partial charge in [0.05, 0.1) is 35.9 Å². The van der Waals surface area contributed by atoms with Crippen LogP contribution >= 0.6 is 0 Å². The summed E-state index contributed by atoms with van der Waals surface area (Å²) in [6.07, 6.45) is 11.1. The Balaban J connectivity index is 1.69. The third-order valence-electron chi connectivity index (χ3n) is 5.57. The number of nitrogens with two attached hydrogens (primary N) is 4. The smallest absolute Gasteiger partial charge is 0.139 e. The zero-order valence-electron chi connectivity index (χ0n) is 17.3. The minimum atomic E-state index is 0.279. The van der Waals surface area contributed by atoms with E-state index in [1.54, 1.807) is 13.2 Å². The predicted octanol–water partition coefficient (Wildman–Crippen LogP) is 1.47. The van der Waals surface area contributed by atoms with E-state index in [4.69, 9.17) is 28.0 Å². The maximum atomic E-state index is 6.38. The number of rotatable bonds is 8. The molecule has 0 bridgehead atoms. The van der Waals surface area contributed by atoms with E-state index in [1.807, 2.05) is 12.1 Å². The standard InChI is InChI=1S/C20H34N8O/c1-27(23)18(13-28(24)19(26-22)11-14-7-8-14)20(21)17-10-9-16(12-25-17)29-15-5-3-2-4-6-15/h9-10,12,14-15H,2-8,11,13,21-24H2,1H3/b20-18-,26-19-. The first-order valence-electron chi connectivity index (χ1n) is 10.4. The lowest BCUT2D eigenvalue weighted by Gasteiger charge is -2.26. The first-order valence-corrected chi connectivity index (χ1v) is 10.4. The SMILES string of the molecule is CN(N)/C(CN(N)/C(CC1CC1)=N\N)=C(\N)c1ccc(OC2CCCCC2)cn1. The van der Waals surface area contributed by atoms with Crippen molar-refractivity contribution in [1.29, 1.82) is 0 Å². The van der Waals surface area contributed by atoms with Crippen LogP contribution in [0, 0.1) is 5.92 Å². The van der Waals surface area contributed by atoms with E-state index < -0.39 is 0 Å². The molecule has 0 unspecified atom stereocenters. The van der Waals surface area contributed by atoms with Crippen molar-refractivity contribution in [3.63, 3.8) is 0 Å². The highest BCUT2D eigenvalue weighted by atomic mass is 16.5. The van der Waals surface area contributed by atoms with Crippen LogP contribution in [-0.2, 0) is 0 Å². The van der Waals surface area contributed by atoms with E-state index >= 15 is 0 Å². The Morgan fingerprint density at radius 3 is 2.45 bits per heavy atom. The van der Waals surface area contributed by atoms with E-state index in [-0.39, 0.29) is 12.6 Å². The molecule has 0 atom stereocenters. The molecule has 1 aromatic heterocycles. The fourth-order valence-electron chi connectivity index (χ4n) is 3.60. The van der Waals surface area contributed by atoms with Crippen molar-refractivity contribution in [3.8, 4) is 5.75 Å². The summed E-state index contributed by atoms with van der Waals surface area (Å²) < 4.78 is 6.04. The molecule has 9 nitrogen and oxygen atoms in total.